The number of amides is 1. The summed E-state index contributed by atoms with van der Waals surface area (Å²) in [7, 11) is 0. The second-order valence-electron chi connectivity index (χ2n) is 6.82. The number of rotatable bonds is 3. The summed E-state index contributed by atoms with van der Waals surface area (Å²) in [5.74, 6) is 4.93. The third kappa shape index (κ3) is 4.01. The van der Waals surface area contributed by atoms with Gasteiger partial charge in [0.1, 0.15) is 12.4 Å². The molecule has 0 radical (unpaired) electrons. The van der Waals surface area contributed by atoms with Crippen molar-refractivity contribution < 1.29 is 13.9 Å². The number of carbonyl (C=O) groups excluding carboxylic acids is 1. The first-order valence-electron chi connectivity index (χ1n) is 9.44. The minimum absolute atomic E-state index is 0.00840. The summed E-state index contributed by atoms with van der Waals surface area (Å²) in [4.78, 5) is 12.1. The Hall–Kier alpha value is -4.09. The van der Waals surface area contributed by atoms with E-state index in [0.717, 1.165) is 17.2 Å². The Balaban J connectivity index is 1.35. The fourth-order valence-corrected chi connectivity index (χ4v) is 3.64. The highest BCUT2D eigenvalue weighted by molar-refractivity contribution is 5.79. The van der Waals surface area contributed by atoms with Crippen LogP contribution in [0, 0.1) is 29.0 Å². The quantitative estimate of drug-likeness (QED) is 0.659. The van der Waals surface area contributed by atoms with Crippen LogP contribution in [-0.2, 0) is 4.74 Å². The Morgan fingerprint density at radius 3 is 2.30 bits per heavy atom. The molecule has 0 saturated carbocycles. The number of halogens is 1. The molecule has 0 aromatic heterocycles. The molecule has 5 heteroatoms. The van der Waals surface area contributed by atoms with Crippen molar-refractivity contribution in [3.05, 3.63) is 94.8 Å². The molecule has 3 aromatic rings. The van der Waals surface area contributed by atoms with E-state index in [0.29, 0.717) is 5.56 Å². The lowest BCUT2D eigenvalue weighted by molar-refractivity contribution is 0.144. The smallest absolute Gasteiger partial charge is 0.407 e. The third-order valence-electron chi connectivity index (χ3n) is 4.92. The highest BCUT2D eigenvalue weighted by Crippen LogP contribution is 2.44. The molecule has 3 aromatic carbocycles. The lowest BCUT2D eigenvalue weighted by Crippen LogP contribution is -2.26. The van der Waals surface area contributed by atoms with Gasteiger partial charge in [-0.05, 0) is 40.5 Å². The molecule has 30 heavy (non-hydrogen) atoms. The van der Waals surface area contributed by atoms with Crippen LogP contribution in [0.5, 0.6) is 0 Å². The highest BCUT2D eigenvalue weighted by atomic mass is 19.1. The molecule has 4 nitrogen and oxygen atoms in total. The van der Waals surface area contributed by atoms with Crippen LogP contribution in [0.1, 0.15) is 28.2 Å². The molecule has 1 amide bonds. The van der Waals surface area contributed by atoms with Gasteiger partial charge in [-0.3, -0.25) is 0 Å². The minimum Gasteiger partial charge on any atom is -0.449 e. The van der Waals surface area contributed by atoms with Crippen LogP contribution < -0.4 is 5.32 Å². The van der Waals surface area contributed by atoms with E-state index in [9.17, 15) is 9.18 Å². The number of ether oxygens (including phenoxy) is 1. The van der Waals surface area contributed by atoms with E-state index in [1.165, 1.54) is 23.3 Å². The summed E-state index contributed by atoms with van der Waals surface area (Å²) in [5, 5.41) is 11.4. The van der Waals surface area contributed by atoms with Crippen LogP contribution in [0.2, 0.25) is 0 Å². The molecule has 0 saturated heterocycles. The van der Waals surface area contributed by atoms with E-state index in [4.69, 9.17) is 10.00 Å². The monoisotopic (exact) mass is 396 g/mol. The van der Waals surface area contributed by atoms with Gasteiger partial charge < -0.3 is 10.1 Å². The molecule has 0 spiro atoms. The summed E-state index contributed by atoms with van der Waals surface area (Å²) in [6.07, 6.45) is -0.567. The van der Waals surface area contributed by atoms with E-state index in [1.807, 2.05) is 30.3 Å². The zero-order chi connectivity index (χ0) is 20.9. The van der Waals surface area contributed by atoms with Crippen molar-refractivity contribution in [1.29, 1.82) is 5.26 Å². The molecule has 0 heterocycles. The van der Waals surface area contributed by atoms with Crippen molar-refractivity contribution in [2.45, 2.75) is 5.92 Å². The average Bonchev–Trinajstić information content (AvgIpc) is 3.09. The summed E-state index contributed by atoms with van der Waals surface area (Å²) < 4.78 is 18.8. The van der Waals surface area contributed by atoms with Gasteiger partial charge in [0.25, 0.3) is 0 Å². The van der Waals surface area contributed by atoms with Gasteiger partial charge in [-0.1, -0.05) is 60.4 Å². The lowest BCUT2D eigenvalue weighted by Gasteiger charge is -2.14. The van der Waals surface area contributed by atoms with Crippen LogP contribution in [0.15, 0.2) is 66.7 Å². The normalized spacial score (nSPS) is 11.5. The molecular formula is C25H17FN2O2. The van der Waals surface area contributed by atoms with Crippen molar-refractivity contribution in [1.82, 2.24) is 5.32 Å². The Bertz CT molecular complexity index is 1170. The van der Waals surface area contributed by atoms with Crippen molar-refractivity contribution in [3.63, 3.8) is 0 Å². The number of hydrogen-bond acceptors (Lipinski definition) is 3. The third-order valence-corrected chi connectivity index (χ3v) is 4.92. The van der Waals surface area contributed by atoms with Gasteiger partial charge >= 0.3 is 6.09 Å². The topological polar surface area (TPSA) is 62.1 Å². The predicted molar refractivity (Wildman–Crippen MR) is 111 cm³/mol. The molecule has 0 atom stereocenters. The number of carbonyl (C=O) groups is 1. The molecule has 0 fully saturated rings. The van der Waals surface area contributed by atoms with Gasteiger partial charge in [0.2, 0.25) is 0 Å². The standard InChI is InChI=1S/C25H17FN2O2/c26-19-13-17(12-18(14-19)15-27)6-5-11-28-25(29)30-16-24-22-9-3-1-7-20(22)21-8-2-4-10-23(21)24/h1-4,7-10,12-14,24H,11,16H2,(H,28,29). The molecule has 1 N–H and O–H groups in total. The van der Waals surface area contributed by atoms with Gasteiger partial charge in [0.05, 0.1) is 18.2 Å². The van der Waals surface area contributed by atoms with Crippen molar-refractivity contribution in [2.24, 2.45) is 0 Å². The zero-order valence-electron chi connectivity index (χ0n) is 16.0. The molecule has 1 aliphatic rings. The molecule has 146 valence electrons. The molecule has 1 aliphatic carbocycles. The fourth-order valence-electron chi connectivity index (χ4n) is 3.64. The van der Waals surface area contributed by atoms with E-state index in [1.54, 1.807) is 0 Å². The molecule has 0 bridgehead atoms. The van der Waals surface area contributed by atoms with Crippen LogP contribution in [0.3, 0.4) is 0 Å². The maximum Gasteiger partial charge on any atom is 0.407 e. The molecule has 4 rings (SSSR count). The summed E-state index contributed by atoms with van der Waals surface area (Å²) >= 11 is 0. The van der Waals surface area contributed by atoms with E-state index in [-0.39, 0.29) is 24.6 Å². The van der Waals surface area contributed by atoms with Gasteiger partial charge in [-0.25, -0.2) is 9.18 Å². The number of nitriles is 1. The number of nitrogens with one attached hydrogen (secondary N) is 1. The number of alkyl carbamates (subject to hydrolysis) is 1. The maximum atomic E-state index is 13.4. The Morgan fingerprint density at radius 2 is 1.63 bits per heavy atom. The van der Waals surface area contributed by atoms with Crippen molar-refractivity contribution >= 4 is 6.09 Å². The molecule has 0 unspecified atom stereocenters. The summed E-state index contributed by atoms with van der Waals surface area (Å²) in [5.41, 5.74) is 5.20. The van der Waals surface area contributed by atoms with Crippen LogP contribution >= 0.6 is 0 Å². The van der Waals surface area contributed by atoms with Gasteiger partial charge in [-0.15, -0.1) is 0 Å². The Labute approximate surface area is 173 Å². The van der Waals surface area contributed by atoms with Crippen LogP contribution in [-0.4, -0.2) is 19.2 Å². The molecular weight excluding hydrogens is 379 g/mol. The largest absolute Gasteiger partial charge is 0.449 e. The zero-order valence-corrected chi connectivity index (χ0v) is 16.0. The van der Waals surface area contributed by atoms with Crippen LogP contribution in [0.4, 0.5) is 9.18 Å². The van der Waals surface area contributed by atoms with Gasteiger partial charge in [0, 0.05) is 11.5 Å². The second-order valence-corrected chi connectivity index (χ2v) is 6.82. The first-order chi connectivity index (χ1) is 14.7. The maximum absolute atomic E-state index is 13.4. The van der Waals surface area contributed by atoms with Crippen molar-refractivity contribution in [2.75, 3.05) is 13.2 Å². The van der Waals surface area contributed by atoms with E-state index >= 15 is 0 Å². The Morgan fingerprint density at radius 1 is 1.00 bits per heavy atom. The summed E-state index contributed by atoms with van der Waals surface area (Å²) in [6.45, 7) is 0.276. The second kappa shape index (κ2) is 8.51. The number of nitrogens with zero attached hydrogens (tertiary/aromatic N) is 1. The average molecular weight is 396 g/mol. The lowest BCUT2D eigenvalue weighted by atomic mass is 9.98. The Kier molecular flexibility index (Phi) is 5.46. The number of fused-ring (bicyclic) bond motifs is 3. The van der Waals surface area contributed by atoms with E-state index < -0.39 is 11.9 Å². The minimum atomic E-state index is -0.567. The van der Waals surface area contributed by atoms with Crippen LogP contribution in [0.25, 0.3) is 11.1 Å². The van der Waals surface area contributed by atoms with Gasteiger partial charge in [0.15, 0.2) is 0 Å². The highest BCUT2D eigenvalue weighted by Gasteiger charge is 2.28. The fraction of sp³-hybridized carbons (Fsp3) is 0.120. The molecule has 0 aliphatic heterocycles. The number of hydrogen-bond donors (Lipinski definition) is 1. The number of benzene rings is 3. The summed E-state index contributed by atoms with van der Waals surface area (Å²) in [6, 6.07) is 22.0. The predicted octanol–water partition coefficient (Wildman–Crippen LogP) is 4.59. The first-order valence-corrected chi connectivity index (χ1v) is 9.44. The first kappa shape index (κ1) is 19.2. The van der Waals surface area contributed by atoms with Gasteiger partial charge in [-0.2, -0.15) is 5.26 Å². The SMILES string of the molecule is N#Cc1cc(F)cc(C#CCNC(=O)OCC2c3ccccc3-c3ccccc32)c1. The van der Waals surface area contributed by atoms with E-state index in [2.05, 4.69) is 41.4 Å². The van der Waals surface area contributed by atoms with Crippen molar-refractivity contribution in [3.8, 4) is 29.0 Å².